The van der Waals surface area contributed by atoms with Crippen LogP contribution in [0.1, 0.15) is 122 Å². The summed E-state index contributed by atoms with van der Waals surface area (Å²) in [5.74, 6) is 0. The zero-order valence-electron chi connectivity index (χ0n) is 27.3. The van der Waals surface area contributed by atoms with Crippen LogP contribution < -0.4 is 0 Å². The largest absolute Gasteiger partial charge is 0.396 e. The summed E-state index contributed by atoms with van der Waals surface area (Å²) in [6.45, 7) is 3.26. The SMILES string of the molecule is CCCCCCCCCC[C@@H]1O[C@H]([C@H](CC[C@H](OCOC)[C@@H]2CC[C@@H](CCCCO)O2)OCOC)CC[C@H]1OCOC. The molecule has 42 heavy (non-hydrogen) atoms. The van der Waals surface area contributed by atoms with Gasteiger partial charge < -0.3 is 43.0 Å². The van der Waals surface area contributed by atoms with Crippen molar-refractivity contribution in [2.24, 2.45) is 0 Å². The number of ether oxygens (including phenoxy) is 8. The summed E-state index contributed by atoms with van der Waals surface area (Å²) in [4.78, 5) is 0. The molecule has 2 aliphatic rings. The van der Waals surface area contributed by atoms with E-state index in [1.807, 2.05) is 0 Å². The molecule has 0 aromatic carbocycles. The van der Waals surface area contributed by atoms with E-state index in [0.29, 0.717) is 0 Å². The predicted octanol–water partition coefficient (Wildman–Crippen LogP) is 6.52. The molecule has 0 radical (unpaired) electrons. The monoisotopic (exact) mass is 604 g/mol. The molecule has 2 aliphatic heterocycles. The Labute approximate surface area is 256 Å². The van der Waals surface area contributed by atoms with Crippen LogP contribution >= 0.6 is 0 Å². The van der Waals surface area contributed by atoms with Crippen molar-refractivity contribution in [2.75, 3.05) is 48.3 Å². The van der Waals surface area contributed by atoms with Crippen LogP contribution in [0.15, 0.2) is 0 Å². The molecule has 1 N–H and O–H groups in total. The minimum atomic E-state index is -0.107. The first-order chi connectivity index (χ1) is 20.7. The van der Waals surface area contributed by atoms with Gasteiger partial charge in [-0.1, -0.05) is 58.3 Å². The maximum Gasteiger partial charge on any atom is 0.146 e. The Morgan fingerprint density at radius 1 is 0.643 bits per heavy atom. The molecule has 9 heteroatoms. The predicted molar refractivity (Wildman–Crippen MR) is 163 cm³/mol. The first-order valence-corrected chi connectivity index (χ1v) is 16.9. The quantitative estimate of drug-likeness (QED) is 0.0830. The van der Waals surface area contributed by atoms with E-state index in [0.717, 1.165) is 70.6 Å². The van der Waals surface area contributed by atoms with E-state index < -0.39 is 0 Å². The van der Waals surface area contributed by atoms with Gasteiger partial charge >= 0.3 is 0 Å². The molecule has 2 fully saturated rings. The van der Waals surface area contributed by atoms with E-state index >= 15 is 0 Å². The fourth-order valence-corrected chi connectivity index (χ4v) is 6.34. The number of hydrogen-bond acceptors (Lipinski definition) is 9. The highest BCUT2D eigenvalue weighted by Gasteiger charge is 2.38. The van der Waals surface area contributed by atoms with Gasteiger partial charge in [0.2, 0.25) is 0 Å². The highest BCUT2D eigenvalue weighted by Crippen LogP contribution is 2.33. The lowest BCUT2D eigenvalue weighted by atomic mass is 9.92. The molecule has 2 saturated heterocycles. The summed E-state index contributed by atoms with van der Waals surface area (Å²) >= 11 is 0. The van der Waals surface area contributed by atoms with Gasteiger partial charge in [-0.25, -0.2) is 0 Å². The molecule has 0 aliphatic carbocycles. The molecule has 7 atom stereocenters. The maximum absolute atomic E-state index is 9.12. The first kappa shape index (κ1) is 37.8. The molecule has 0 aromatic heterocycles. The van der Waals surface area contributed by atoms with E-state index in [-0.39, 0.29) is 69.7 Å². The van der Waals surface area contributed by atoms with Crippen LogP contribution in [-0.2, 0) is 37.9 Å². The van der Waals surface area contributed by atoms with Crippen LogP contribution in [0.2, 0.25) is 0 Å². The molecule has 2 rings (SSSR count). The zero-order valence-corrected chi connectivity index (χ0v) is 27.3. The lowest BCUT2D eigenvalue weighted by Crippen LogP contribution is -2.46. The minimum Gasteiger partial charge on any atom is -0.396 e. The van der Waals surface area contributed by atoms with E-state index in [4.69, 9.17) is 43.0 Å². The standard InChI is InChI=1S/C33H64O9/c1-5-6-7-8-9-10-11-12-16-31-28(38-24-35-2)21-22-33(42-31)30(40-26-37-4)20-19-29(39-25-36-3)32-18-17-27(41-32)15-13-14-23-34/h27-34H,5-26H2,1-4H3/t27-,28-,29+,30+,31+,32+,33+/m1/s1. The maximum atomic E-state index is 9.12. The molecular formula is C33H64O9. The summed E-state index contributed by atoms with van der Waals surface area (Å²) in [6.07, 6.45) is 19.6. The van der Waals surface area contributed by atoms with E-state index in [2.05, 4.69) is 6.92 Å². The molecular weight excluding hydrogens is 540 g/mol. The number of aliphatic hydroxyl groups excluding tert-OH is 1. The van der Waals surface area contributed by atoms with Crippen molar-refractivity contribution < 1.29 is 43.0 Å². The Hall–Kier alpha value is -0.360. The third-order valence-corrected chi connectivity index (χ3v) is 8.68. The summed E-state index contributed by atoms with van der Waals surface area (Å²) in [5, 5.41) is 9.12. The van der Waals surface area contributed by atoms with Crippen molar-refractivity contribution in [1.29, 1.82) is 0 Å². The van der Waals surface area contributed by atoms with Crippen molar-refractivity contribution >= 4 is 0 Å². The number of unbranched alkanes of at least 4 members (excludes halogenated alkanes) is 8. The van der Waals surface area contributed by atoms with Crippen molar-refractivity contribution in [1.82, 2.24) is 0 Å². The Balaban J connectivity index is 1.93. The van der Waals surface area contributed by atoms with Crippen molar-refractivity contribution in [3.63, 3.8) is 0 Å². The normalized spacial score (nSPS) is 26.1. The third-order valence-electron chi connectivity index (χ3n) is 8.68. The van der Waals surface area contributed by atoms with E-state index in [9.17, 15) is 0 Å². The van der Waals surface area contributed by atoms with Gasteiger partial charge in [0.15, 0.2) is 0 Å². The molecule has 0 bridgehead atoms. The number of hydrogen-bond donors (Lipinski definition) is 1. The Kier molecular flexibility index (Phi) is 22.4. The summed E-state index contributed by atoms with van der Waals surface area (Å²) in [6, 6.07) is 0. The van der Waals surface area contributed by atoms with Crippen LogP contribution in [-0.4, -0.2) is 96.1 Å². The van der Waals surface area contributed by atoms with Gasteiger partial charge in [0.1, 0.15) is 20.4 Å². The van der Waals surface area contributed by atoms with Crippen LogP contribution in [0.25, 0.3) is 0 Å². The molecule has 0 aromatic rings. The highest BCUT2D eigenvalue weighted by atomic mass is 16.7. The fraction of sp³-hybridized carbons (Fsp3) is 1.00. The lowest BCUT2D eigenvalue weighted by molar-refractivity contribution is -0.211. The lowest BCUT2D eigenvalue weighted by Gasteiger charge is -2.40. The van der Waals surface area contributed by atoms with Gasteiger partial charge in [0, 0.05) is 27.9 Å². The van der Waals surface area contributed by atoms with Crippen LogP contribution in [0.5, 0.6) is 0 Å². The second-order valence-electron chi connectivity index (χ2n) is 12.1. The minimum absolute atomic E-state index is 0.0274. The number of aliphatic hydroxyl groups is 1. The highest BCUT2D eigenvalue weighted by molar-refractivity contribution is 4.86. The summed E-state index contributed by atoms with van der Waals surface area (Å²) < 4.78 is 47.4. The van der Waals surface area contributed by atoms with Gasteiger partial charge in [-0.2, -0.15) is 0 Å². The van der Waals surface area contributed by atoms with Crippen LogP contribution in [0.4, 0.5) is 0 Å². The molecule has 0 unspecified atom stereocenters. The second kappa shape index (κ2) is 24.9. The molecule has 0 spiro atoms. The Morgan fingerprint density at radius 2 is 1.21 bits per heavy atom. The third kappa shape index (κ3) is 15.6. The Bertz CT molecular complexity index is 610. The van der Waals surface area contributed by atoms with Crippen molar-refractivity contribution in [2.45, 2.75) is 165 Å². The topological polar surface area (TPSA) is 94.1 Å². The summed E-state index contributed by atoms with van der Waals surface area (Å²) in [5.41, 5.74) is 0. The Morgan fingerprint density at radius 3 is 1.83 bits per heavy atom. The van der Waals surface area contributed by atoms with Gasteiger partial charge in [-0.15, -0.1) is 0 Å². The van der Waals surface area contributed by atoms with E-state index in [1.165, 1.54) is 44.9 Å². The zero-order chi connectivity index (χ0) is 30.3. The molecule has 9 nitrogen and oxygen atoms in total. The number of methoxy groups -OCH3 is 3. The number of rotatable bonds is 27. The molecule has 0 saturated carbocycles. The molecule has 0 amide bonds. The first-order valence-electron chi connectivity index (χ1n) is 16.9. The van der Waals surface area contributed by atoms with Gasteiger partial charge in [0.05, 0.1) is 42.7 Å². The smallest absolute Gasteiger partial charge is 0.146 e. The van der Waals surface area contributed by atoms with Crippen LogP contribution in [0.3, 0.4) is 0 Å². The van der Waals surface area contributed by atoms with Gasteiger partial charge in [-0.05, 0) is 64.2 Å². The van der Waals surface area contributed by atoms with Gasteiger partial charge in [-0.3, -0.25) is 0 Å². The van der Waals surface area contributed by atoms with Crippen LogP contribution in [0, 0.1) is 0 Å². The van der Waals surface area contributed by atoms with Crippen molar-refractivity contribution in [3.05, 3.63) is 0 Å². The summed E-state index contributed by atoms with van der Waals surface area (Å²) in [7, 11) is 4.98. The van der Waals surface area contributed by atoms with Gasteiger partial charge in [0.25, 0.3) is 0 Å². The average molecular weight is 605 g/mol. The second-order valence-corrected chi connectivity index (χ2v) is 12.1. The van der Waals surface area contributed by atoms with E-state index in [1.54, 1.807) is 21.3 Å². The average Bonchev–Trinajstić information content (AvgIpc) is 3.48. The molecule has 250 valence electrons. The molecule has 2 heterocycles. The van der Waals surface area contributed by atoms with Crippen molar-refractivity contribution in [3.8, 4) is 0 Å². The fourth-order valence-electron chi connectivity index (χ4n) is 6.34.